The summed E-state index contributed by atoms with van der Waals surface area (Å²) < 4.78 is 3.70. The summed E-state index contributed by atoms with van der Waals surface area (Å²) in [5.74, 6) is 1.17. The maximum atomic E-state index is 2.28. The fourth-order valence-corrected chi connectivity index (χ4v) is 2.81. The summed E-state index contributed by atoms with van der Waals surface area (Å²) in [5, 5.41) is 2.14. The van der Waals surface area contributed by atoms with E-state index in [1.54, 1.807) is 0 Å². The molecule has 0 saturated heterocycles. The normalized spacial score (nSPS) is 10.2. The largest absolute Gasteiger partial charge is 0.297 e. The molecule has 0 N–H and O–H groups in total. The van der Waals surface area contributed by atoms with E-state index in [9.17, 15) is 0 Å². The van der Waals surface area contributed by atoms with E-state index in [0.717, 1.165) is 6.54 Å². The molecule has 3 heteroatoms. The monoisotopic (exact) mass is 174 g/mol. The van der Waals surface area contributed by atoms with Crippen molar-refractivity contribution in [2.45, 2.75) is 24.7 Å². The Kier molecular flexibility index (Phi) is 3.22. The molecule has 0 spiro atoms. The van der Waals surface area contributed by atoms with Crippen molar-refractivity contribution in [3.63, 3.8) is 0 Å². The van der Waals surface area contributed by atoms with Crippen LogP contribution in [0.4, 0.5) is 0 Å². The van der Waals surface area contributed by atoms with Crippen LogP contribution < -0.4 is 4.57 Å². The Balaban J connectivity index is 2.70. The highest BCUT2D eigenvalue weighted by Crippen LogP contribution is 2.17. The Bertz CT molecular complexity index is 195. The first kappa shape index (κ1) is 8.08. The van der Waals surface area contributed by atoms with Crippen LogP contribution in [0.2, 0.25) is 0 Å². The lowest BCUT2D eigenvalue weighted by Crippen LogP contribution is -2.31. The van der Waals surface area contributed by atoms with Gasteiger partial charge in [0.15, 0.2) is 6.20 Å². The molecule has 10 heavy (non-hydrogen) atoms. The molecule has 0 atom stereocenters. The van der Waals surface area contributed by atoms with Crippen LogP contribution in [0, 0.1) is 0 Å². The van der Waals surface area contributed by atoms with Crippen molar-refractivity contribution in [1.29, 1.82) is 0 Å². The Morgan fingerprint density at radius 1 is 1.60 bits per heavy atom. The summed E-state index contributed by atoms with van der Waals surface area (Å²) in [7, 11) is 0. The Morgan fingerprint density at radius 2 is 2.40 bits per heavy atom. The van der Waals surface area contributed by atoms with E-state index >= 15 is 0 Å². The maximum absolute atomic E-state index is 2.28. The van der Waals surface area contributed by atoms with E-state index < -0.39 is 0 Å². The van der Waals surface area contributed by atoms with E-state index in [1.807, 2.05) is 23.1 Å². The standard InChI is InChI=1S/C7H12NS2/c1-3-8-5-6-10-7(8)9-4-2/h5-6H,3-4H2,1-2H3/q+1. The molecule has 0 bridgehead atoms. The molecule has 0 radical (unpaired) electrons. The van der Waals surface area contributed by atoms with Crippen molar-refractivity contribution in [1.82, 2.24) is 0 Å². The minimum absolute atomic E-state index is 1.09. The van der Waals surface area contributed by atoms with Crippen LogP contribution in [0.1, 0.15) is 13.8 Å². The molecule has 0 unspecified atom stereocenters. The van der Waals surface area contributed by atoms with Crippen molar-refractivity contribution in [3.05, 3.63) is 11.6 Å². The smallest absolute Gasteiger partial charge is 0.184 e. The van der Waals surface area contributed by atoms with Crippen LogP contribution in [0.5, 0.6) is 0 Å². The van der Waals surface area contributed by atoms with Gasteiger partial charge in [0.05, 0.1) is 5.38 Å². The molecule has 1 heterocycles. The molecule has 0 aliphatic heterocycles. The van der Waals surface area contributed by atoms with E-state index in [4.69, 9.17) is 0 Å². The van der Waals surface area contributed by atoms with E-state index in [0.29, 0.717) is 0 Å². The molecular weight excluding hydrogens is 162 g/mol. The van der Waals surface area contributed by atoms with Gasteiger partial charge in [-0.15, -0.1) is 0 Å². The third kappa shape index (κ3) is 1.73. The molecule has 0 aromatic carbocycles. The highest BCUT2D eigenvalue weighted by molar-refractivity contribution is 8.00. The molecule has 0 amide bonds. The van der Waals surface area contributed by atoms with Gasteiger partial charge >= 0.3 is 0 Å². The fraction of sp³-hybridized carbons (Fsp3) is 0.571. The van der Waals surface area contributed by atoms with Gasteiger partial charge < -0.3 is 0 Å². The van der Waals surface area contributed by atoms with Crippen LogP contribution in [0.3, 0.4) is 0 Å². The SMILES string of the molecule is CCSc1scc[n+]1CC. The third-order valence-electron chi connectivity index (χ3n) is 1.25. The summed E-state index contributed by atoms with van der Waals surface area (Å²) in [6.07, 6.45) is 2.14. The number of rotatable bonds is 3. The van der Waals surface area contributed by atoms with E-state index in [-0.39, 0.29) is 0 Å². The number of aromatic nitrogens is 1. The van der Waals surface area contributed by atoms with Crippen LogP contribution in [-0.2, 0) is 6.54 Å². The molecule has 1 aromatic heterocycles. The molecule has 1 aromatic rings. The zero-order chi connectivity index (χ0) is 7.40. The van der Waals surface area contributed by atoms with Crippen LogP contribution in [0.25, 0.3) is 0 Å². The minimum Gasteiger partial charge on any atom is -0.184 e. The fourth-order valence-electron chi connectivity index (χ4n) is 0.766. The van der Waals surface area contributed by atoms with Gasteiger partial charge in [0.25, 0.3) is 4.34 Å². The molecule has 0 aliphatic carbocycles. The van der Waals surface area contributed by atoms with Crippen molar-refractivity contribution in [2.75, 3.05) is 5.75 Å². The Labute approximate surface area is 70.1 Å². The first-order valence-electron chi connectivity index (χ1n) is 3.48. The molecule has 1 rings (SSSR count). The van der Waals surface area contributed by atoms with Gasteiger partial charge in [0.1, 0.15) is 6.54 Å². The lowest BCUT2D eigenvalue weighted by molar-refractivity contribution is -0.723. The van der Waals surface area contributed by atoms with E-state index in [2.05, 4.69) is 30.0 Å². The van der Waals surface area contributed by atoms with Gasteiger partial charge in [0, 0.05) is 5.75 Å². The lowest BCUT2D eigenvalue weighted by Gasteiger charge is -1.89. The highest BCUT2D eigenvalue weighted by Gasteiger charge is 2.08. The number of hydrogen-bond acceptors (Lipinski definition) is 2. The van der Waals surface area contributed by atoms with Crippen molar-refractivity contribution in [2.24, 2.45) is 0 Å². The third-order valence-corrected chi connectivity index (χ3v) is 3.36. The second-order valence-corrected chi connectivity index (χ2v) is 4.29. The predicted molar refractivity (Wildman–Crippen MR) is 46.6 cm³/mol. The first-order valence-corrected chi connectivity index (χ1v) is 5.34. The minimum atomic E-state index is 1.09. The molecule has 1 nitrogen and oxygen atoms in total. The number of thioether (sulfide) groups is 1. The topological polar surface area (TPSA) is 3.88 Å². The maximum Gasteiger partial charge on any atom is 0.297 e. The van der Waals surface area contributed by atoms with Crippen molar-refractivity contribution >= 4 is 23.1 Å². The molecule has 56 valence electrons. The van der Waals surface area contributed by atoms with Gasteiger partial charge in [0.2, 0.25) is 0 Å². The molecule has 0 aliphatic rings. The summed E-state index contributed by atoms with van der Waals surface area (Å²) in [6, 6.07) is 0. The van der Waals surface area contributed by atoms with Gasteiger partial charge in [-0.3, -0.25) is 0 Å². The van der Waals surface area contributed by atoms with Crippen molar-refractivity contribution < 1.29 is 4.57 Å². The number of nitrogens with zero attached hydrogens (tertiary/aromatic N) is 1. The van der Waals surface area contributed by atoms with Crippen LogP contribution >= 0.6 is 23.1 Å². The predicted octanol–water partition coefficient (Wildman–Crippen LogP) is 2.17. The second kappa shape index (κ2) is 3.98. The number of thiazole rings is 1. The van der Waals surface area contributed by atoms with Gasteiger partial charge in [-0.1, -0.05) is 18.3 Å². The van der Waals surface area contributed by atoms with Crippen LogP contribution in [-0.4, -0.2) is 5.75 Å². The van der Waals surface area contributed by atoms with Gasteiger partial charge in [-0.25, -0.2) is 0 Å². The summed E-state index contributed by atoms with van der Waals surface area (Å²) in [6.45, 7) is 5.45. The van der Waals surface area contributed by atoms with Gasteiger partial charge in [-0.2, -0.15) is 4.57 Å². The summed E-state index contributed by atoms with van der Waals surface area (Å²) >= 11 is 3.74. The first-order chi connectivity index (χ1) is 4.88. The van der Waals surface area contributed by atoms with Crippen LogP contribution in [0.15, 0.2) is 15.9 Å². The second-order valence-electron chi connectivity index (χ2n) is 1.89. The summed E-state index contributed by atoms with van der Waals surface area (Å²) in [5.41, 5.74) is 0. The zero-order valence-corrected chi connectivity index (χ0v) is 7.97. The van der Waals surface area contributed by atoms with Crippen molar-refractivity contribution in [3.8, 4) is 0 Å². The number of aryl methyl sites for hydroxylation is 1. The highest BCUT2D eigenvalue weighted by atomic mass is 32.2. The average molecular weight is 174 g/mol. The lowest BCUT2D eigenvalue weighted by atomic mass is 10.7. The van der Waals surface area contributed by atoms with E-state index in [1.165, 1.54) is 10.1 Å². The molecule has 0 fully saturated rings. The Hall–Kier alpha value is -0.0200. The Morgan fingerprint density at radius 3 is 3.00 bits per heavy atom. The van der Waals surface area contributed by atoms with Gasteiger partial charge in [-0.05, 0) is 18.7 Å². The number of hydrogen-bond donors (Lipinski definition) is 0. The zero-order valence-electron chi connectivity index (χ0n) is 6.33. The summed E-state index contributed by atoms with van der Waals surface area (Å²) in [4.78, 5) is 0. The quantitative estimate of drug-likeness (QED) is 0.502. The molecular formula is C7H12NS2+. The molecule has 0 saturated carbocycles. The average Bonchev–Trinajstić information content (AvgIpc) is 2.36.